The minimum Gasteiger partial charge on any atom is -0.313 e. The van der Waals surface area contributed by atoms with Crippen molar-refractivity contribution in [1.82, 2.24) is 5.32 Å². The van der Waals surface area contributed by atoms with Crippen molar-refractivity contribution in [2.24, 2.45) is 11.3 Å². The maximum atomic E-state index is 12.9. The molecule has 0 saturated heterocycles. The fourth-order valence-corrected chi connectivity index (χ4v) is 3.69. The highest BCUT2D eigenvalue weighted by atomic mass is 19.1. The third-order valence-electron chi connectivity index (χ3n) is 4.31. The van der Waals surface area contributed by atoms with Gasteiger partial charge in [0.05, 0.1) is 0 Å². The van der Waals surface area contributed by atoms with E-state index in [0.29, 0.717) is 17.9 Å². The zero-order chi connectivity index (χ0) is 12.6. The van der Waals surface area contributed by atoms with Gasteiger partial charge in [-0.25, -0.2) is 4.39 Å². The van der Waals surface area contributed by atoms with Gasteiger partial charge in [-0.05, 0) is 41.5 Å². The molecule has 3 unspecified atom stereocenters. The molecule has 2 heteroatoms. The molecule has 0 heterocycles. The van der Waals surface area contributed by atoms with Crippen LogP contribution in [-0.2, 0) is 0 Å². The van der Waals surface area contributed by atoms with Crippen LogP contribution in [0.5, 0.6) is 0 Å². The molecule has 0 bridgehead atoms. The molecule has 1 aromatic carbocycles. The Balaban J connectivity index is 2.21. The number of rotatable bonds is 3. The Labute approximate surface area is 103 Å². The smallest absolute Gasteiger partial charge is 0.123 e. The second-order valence-electron chi connectivity index (χ2n) is 5.75. The molecule has 1 fully saturated rings. The highest BCUT2D eigenvalue weighted by Crippen LogP contribution is 2.56. The van der Waals surface area contributed by atoms with Crippen molar-refractivity contribution in [2.45, 2.75) is 39.7 Å². The first kappa shape index (κ1) is 12.6. The van der Waals surface area contributed by atoms with Gasteiger partial charge >= 0.3 is 0 Å². The van der Waals surface area contributed by atoms with E-state index in [1.54, 1.807) is 12.1 Å². The number of hydrogen-bond acceptors (Lipinski definition) is 1. The van der Waals surface area contributed by atoms with Crippen LogP contribution in [0.1, 0.15) is 39.2 Å². The molecule has 1 aromatic rings. The van der Waals surface area contributed by atoms with Crippen LogP contribution in [0.2, 0.25) is 0 Å². The summed E-state index contributed by atoms with van der Waals surface area (Å²) in [4.78, 5) is 0. The van der Waals surface area contributed by atoms with E-state index >= 15 is 0 Å². The third kappa shape index (κ3) is 1.99. The van der Waals surface area contributed by atoms with Gasteiger partial charge in [0.25, 0.3) is 0 Å². The van der Waals surface area contributed by atoms with E-state index in [0.717, 1.165) is 6.54 Å². The average Bonchev–Trinajstić information content (AvgIpc) is 2.28. The molecule has 1 nitrogen and oxygen atoms in total. The predicted molar refractivity (Wildman–Crippen MR) is 69.6 cm³/mol. The van der Waals surface area contributed by atoms with E-state index in [4.69, 9.17) is 0 Å². The van der Waals surface area contributed by atoms with Crippen LogP contribution < -0.4 is 5.32 Å². The summed E-state index contributed by atoms with van der Waals surface area (Å²) in [5.74, 6) is 0.976. The highest BCUT2D eigenvalue weighted by Gasteiger charge is 2.53. The monoisotopic (exact) mass is 235 g/mol. The van der Waals surface area contributed by atoms with Crippen molar-refractivity contribution in [3.8, 4) is 0 Å². The minimum atomic E-state index is -0.151. The van der Waals surface area contributed by atoms with Gasteiger partial charge in [0, 0.05) is 6.04 Å². The molecule has 0 aromatic heterocycles. The molecular weight excluding hydrogens is 213 g/mol. The van der Waals surface area contributed by atoms with Gasteiger partial charge in [0.15, 0.2) is 0 Å². The van der Waals surface area contributed by atoms with Crippen LogP contribution in [0.15, 0.2) is 24.3 Å². The lowest BCUT2D eigenvalue weighted by Gasteiger charge is -2.58. The van der Waals surface area contributed by atoms with Crippen LogP contribution in [0.3, 0.4) is 0 Å². The Morgan fingerprint density at radius 3 is 2.29 bits per heavy atom. The molecule has 0 aliphatic heterocycles. The molecule has 1 N–H and O–H groups in total. The van der Waals surface area contributed by atoms with Crippen molar-refractivity contribution in [1.29, 1.82) is 0 Å². The normalized spacial score (nSPS) is 31.0. The van der Waals surface area contributed by atoms with Gasteiger partial charge < -0.3 is 5.32 Å². The van der Waals surface area contributed by atoms with Gasteiger partial charge in [-0.15, -0.1) is 0 Å². The van der Waals surface area contributed by atoms with Crippen molar-refractivity contribution in [2.75, 3.05) is 6.54 Å². The summed E-state index contributed by atoms with van der Waals surface area (Å²) in [5.41, 5.74) is 1.51. The van der Waals surface area contributed by atoms with E-state index in [1.165, 1.54) is 5.56 Å². The van der Waals surface area contributed by atoms with Crippen molar-refractivity contribution < 1.29 is 4.39 Å². The van der Waals surface area contributed by atoms with Gasteiger partial charge in [-0.3, -0.25) is 0 Å². The largest absolute Gasteiger partial charge is 0.313 e. The van der Waals surface area contributed by atoms with E-state index < -0.39 is 0 Å². The summed E-state index contributed by atoms with van der Waals surface area (Å²) in [6.45, 7) is 10.0. The fourth-order valence-electron chi connectivity index (χ4n) is 3.69. The van der Waals surface area contributed by atoms with Crippen molar-refractivity contribution in [3.05, 3.63) is 35.6 Å². The van der Waals surface area contributed by atoms with Crippen molar-refractivity contribution >= 4 is 0 Å². The zero-order valence-corrected chi connectivity index (χ0v) is 11.1. The van der Waals surface area contributed by atoms with Crippen LogP contribution in [0.4, 0.5) is 4.39 Å². The molecule has 2 rings (SSSR count). The summed E-state index contributed by atoms with van der Waals surface area (Å²) in [6, 6.07) is 7.56. The van der Waals surface area contributed by atoms with Gasteiger partial charge in [-0.1, -0.05) is 39.8 Å². The molecular formula is C15H22FN. The Morgan fingerprint density at radius 1 is 1.24 bits per heavy atom. The SMILES string of the molecule is CCNC1C(C)C(c2ccc(F)cc2)C1(C)C. The second kappa shape index (κ2) is 4.41. The second-order valence-corrected chi connectivity index (χ2v) is 5.75. The number of hydrogen-bond donors (Lipinski definition) is 1. The van der Waals surface area contributed by atoms with Crippen molar-refractivity contribution in [3.63, 3.8) is 0 Å². The van der Waals surface area contributed by atoms with Crippen LogP contribution >= 0.6 is 0 Å². The van der Waals surface area contributed by atoms with Gasteiger partial charge in [-0.2, -0.15) is 0 Å². The van der Waals surface area contributed by atoms with Crippen LogP contribution in [0.25, 0.3) is 0 Å². The van der Waals surface area contributed by atoms with E-state index in [2.05, 4.69) is 33.0 Å². The molecule has 3 atom stereocenters. The maximum Gasteiger partial charge on any atom is 0.123 e. The molecule has 1 aliphatic rings. The van der Waals surface area contributed by atoms with E-state index in [9.17, 15) is 4.39 Å². The molecule has 17 heavy (non-hydrogen) atoms. The first-order chi connectivity index (χ1) is 7.98. The molecule has 0 spiro atoms. The summed E-state index contributed by atoms with van der Waals surface area (Å²) >= 11 is 0. The standard InChI is InChI=1S/C15H22FN/c1-5-17-14-10(2)13(15(14,3)4)11-6-8-12(16)9-7-11/h6-10,13-14,17H,5H2,1-4H3. The quantitative estimate of drug-likeness (QED) is 0.844. The number of benzene rings is 1. The Hall–Kier alpha value is -0.890. The van der Waals surface area contributed by atoms with E-state index in [-0.39, 0.29) is 11.2 Å². The Kier molecular flexibility index (Phi) is 3.26. The minimum absolute atomic E-state index is 0.151. The Morgan fingerprint density at radius 2 is 1.82 bits per heavy atom. The third-order valence-corrected chi connectivity index (χ3v) is 4.31. The number of nitrogens with one attached hydrogen (secondary N) is 1. The Bertz CT molecular complexity index is 382. The molecule has 1 aliphatic carbocycles. The summed E-state index contributed by atoms with van der Waals surface area (Å²) < 4.78 is 12.9. The lowest BCUT2D eigenvalue weighted by molar-refractivity contribution is 0.00141. The van der Waals surface area contributed by atoms with E-state index in [1.807, 2.05) is 12.1 Å². The highest BCUT2D eigenvalue weighted by molar-refractivity contribution is 5.29. The predicted octanol–water partition coefficient (Wildman–Crippen LogP) is 3.56. The van der Waals surface area contributed by atoms with Gasteiger partial charge in [0.2, 0.25) is 0 Å². The summed E-state index contributed by atoms with van der Waals surface area (Å²) in [5, 5.41) is 3.56. The maximum absolute atomic E-state index is 12.9. The van der Waals surface area contributed by atoms with Crippen LogP contribution in [-0.4, -0.2) is 12.6 Å². The molecule has 94 valence electrons. The summed E-state index contributed by atoms with van der Waals surface area (Å²) in [7, 11) is 0. The lowest BCUT2D eigenvalue weighted by atomic mass is 9.50. The molecule has 1 saturated carbocycles. The molecule has 0 amide bonds. The first-order valence-corrected chi connectivity index (χ1v) is 6.47. The number of halogens is 1. The fraction of sp³-hybridized carbons (Fsp3) is 0.600. The average molecular weight is 235 g/mol. The summed E-state index contributed by atoms with van der Waals surface area (Å²) in [6.07, 6.45) is 0. The van der Waals surface area contributed by atoms with Gasteiger partial charge in [0.1, 0.15) is 5.82 Å². The first-order valence-electron chi connectivity index (χ1n) is 6.47. The topological polar surface area (TPSA) is 12.0 Å². The molecule has 0 radical (unpaired) electrons. The lowest BCUT2D eigenvalue weighted by Crippen LogP contribution is -2.61. The van der Waals surface area contributed by atoms with Crippen LogP contribution in [0, 0.1) is 17.2 Å². The zero-order valence-electron chi connectivity index (χ0n) is 11.1.